The van der Waals surface area contributed by atoms with Crippen LogP contribution in [0.5, 0.6) is 0 Å². The molecule has 0 aliphatic rings. The fraction of sp³-hybridized carbons (Fsp3) is 0.409. The number of aromatic nitrogens is 1. The van der Waals surface area contributed by atoms with E-state index in [1.54, 1.807) is 20.8 Å². The minimum atomic E-state index is -1.01. The van der Waals surface area contributed by atoms with Crippen molar-refractivity contribution in [3.63, 3.8) is 0 Å². The van der Waals surface area contributed by atoms with Gasteiger partial charge in [0.2, 0.25) is 0 Å². The van der Waals surface area contributed by atoms with Gasteiger partial charge in [0, 0.05) is 11.4 Å². The Morgan fingerprint density at radius 1 is 1.07 bits per heavy atom. The number of rotatable bonds is 7. The molecule has 1 aromatic carbocycles. The van der Waals surface area contributed by atoms with Crippen LogP contribution in [0.15, 0.2) is 24.3 Å². The summed E-state index contributed by atoms with van der Waals surface area (Å²) in [6.07, 6.45) is -1.01. The number of H-pyrrole nitrogens is 1. The number of benzene rings is 1. The number of para-hydroxylation sites is 1. The average molecular weight is 400 g/mol. The Bertz CT molecular complexity index is 914. The first kappa shape index (κ1) is 22.2. The van der Waals surface area contributed by atoms with Crippen molar-refractivity contribution in [3.05, 3.63) is 52.3 Å². The van der Waals surface area contributed by atoms with Crippen LogP contribution < -0.4 is 5.32 Å². The van der Waals surface area contributed by atoms with E-state index in [1.807, 2.05) is 38.1 Å². The van der Waals surface area contributed by atoms with Gasteiger partial charge in [0.25, 0.3) is 5.91 Å². The lowest BCUT2D eigenvalue weighted by Gasteiger charge is -2.17. The summed E-state index contributed by atoms with van der Waals surface area (Å²) >= 11 is 0. The van der Waals surface area contributed by atoms with Gasteiger partial charge in [-0.15, -0.1) is 0 Å². The lowest BCUT2D eigenvalue weighted by molar-refractivity contribution is -0.123. The van der Waals surface area contributed by atoms with Gasteiger partial charge in [-0.25, -0.2) is 9.59 Å². The van der Waals surface area contributed by atoms with Crippen LogP contribution >= 0.6 is 0 Å². The van der Waals surface area contributed by atoms with E-state index in [0.29, 0.717) is 16.9 Å². The van der Waals surface area contributed by atoms with E-state index in [4.69, 9.17) is 9.47 Å². The SMILES string of the molecule is CCOC(=O)c1[nH]c(C)c(C(=O)O[C@H](C)C(=O)Nc2ccccc2C(C)C)c1C. The molecule has 2 aromatic rings. The van der Waals surface area contributed by atoms with E-state index < -0.39 is 23.9 Å². The van der Waals surface area contributed by atoms with E-state index in [0.717, 1.165) is 5.56 Å². The van der Waals surface area contributed by atoms with Gasteiger partial charge in [0.1, 0.15) is 5.69 Å². The van der Waals surface area contributed by atoms with Gasteiger partial charge in [-0.05, 0) is 50.8 Å². The molecule has 0 saturated carbocycles. The monoisotopic (exact) mass is 400 g/mol. The Balaban J connectivity index is 2.13. The first-order valence-electron chi connectivity index (χ1n) is 9.64. The van der Waals surface area contributed by atoms with Crippen molar-refractivity contribution in [2.75, 3.05) is 11.9 Å². The zero-order chi connectivity index (χ0) is 21.7. The van der Waals surface area contributed by atoms with Gasteiger partial charge >= 0.3 is 11.9 Å². The maximum absolute atomic E-state index is 12.6. The molecule has 1 amide bonds. The highest BCUT2D eigenvalue weighted by molar-refractivity contribution is 6.01. The van der Waals surface area contributed by atoms with Gasteiger partial charge < -0.3 is 19.8 Å². The van der Waals surface area contributed by atoms with Crippen molar-refractivity contribution >= 4 is 23.5 Å². The fourth-order valence-electron chi connectivity index (χ4n) is 3.09. The van der Waals surface area contributed by atoms with Gasteiger partial charge in [-0.1, -0.05) is 32.0 Å². The van der Waals surface area contributed by atoms with E-state index in [9.17, 15) is 14.4 Å². The molecule has 0 radical (unpaired) electrons. The largest absolute Gasteiger partial charge is 0.461 e. The Labute approximate surface area is 170 Å². The number of carbonyl (C=O) groups is 3. The van der Waals surface area contributed by atoms with E-state index in [-0.39, 0.29) is 23.8 Å². The smallest absolute Gasteiger partial charge is 0.355 e. The van der Waals surface area contributed by atoms with Crippen LogP contribution in [-0.2, 0) is 14.3 Å². The molecule has 0 bridgehead atoms. The van der Waals surface area contributed by atoms with E-state index >= 15 is 0 Å². The van der Waals surface area contributed by atoms with Gasteiger partial charge in [0.05, 0.1) is 12.2 Å². The third kappa shape index (κ3) is 5.04. The molecular weight excluding hydrogens is 372 g/mol. The predicted octanol–water partition coefficient (Wildman–Crippen LogP) is 4.12. The number of carbonyl (C=O) groups excluding carboxylic acids is 3. The predicted molar refractivity (Wildman–Crippen MR) is 110 cm³/mol. The maximum atomic E-state index is 12.6. The third-order valence-electron chi connectivity index (χ3n) is 4.61. The van der Waals surface area contributed by atoms with Crippen LogP contribution in [-0.4, -0.2) is 35.5 Å². The summed E-state index contributed by atoms with van der Waals surface area (Å²) in [7, 11) is 0. The second kappa shape index (κ2) is 9.41. The third-order valence-corrected chi connectivity index (χ3v) is 4.61. The molecule has 0 aliphatic carbocycles. The molecule has 0 aliphatic heterocycles. The maximum Gasteiger partial charge on any atom is 0.355 e. The minimum Gasteiger partial charge on any atom is -0.461 e. The first-order chi connectivity index (χ1) is 13.7. The minimum absolute atomic E-state index is 0.208. The van der Waals surface area contributed by atoms with Crippen LogP contribution in [0.1, 0.15) is 71.3 Å². The number of aryl methyl sites for hydroxylation is 1. The Hall–Kier alpha value is -3.09. The van der Waals surface area contributed by atoms with Crippen molar-refractivity contribution in [2.24, 2.45) is 0 Å². The van der Waals surface area contributed by atoms with Crippen LogP contribution in [0.2, 0.25) is 0 Å². The number of hydrogen-bond acceptors (Lipinski definition) is 5. The number of nitrogens with one attached hydrogen (secondary N) is 2. The number of amides is 1. The standard InChI is InChI=1S/C22H28N2O5/c1-7-28-22(27)19-13(4)18(14(5)23-19)21(26)29-15(6)20(25)24-17-11-9-8-10-16(17)12(2)3/h8-12,15,23H,7H2,1-6H3,(H,24,25)/t15-/m1/s1. The van der Waals surface area contributed by atoms with Crippen molar-refractivity contribution in [3.8, 4) is 0 Å². The summed E-state index contributed by atoms with van der Waals surface area (Å²) in [6.45, 7) is 10.8. The molecule has 2 N–H and O–H groups in total. The fourth-order valence-corrected chi connectivity index (χ4v) is 3.09. The Morgan fingerprint density at radius 2 is 1.72 bits per heavy atom. The summed E-state index contributed by atoms with van der Waals surface area (Å²) in [5.41, 5.74) is 3.04. The van der Waals surface area contributed by atoms with Crippen molar-refractivity contribution in [1.29, 1.82) is 0 Å². The molecule has 156 valence electrons. The molecule has 7 nitrogen and oxygen atoms in total. The highest BCUT2D eigenvalue weighted by atomic mass is 16.5. The molecule has 0 saturated heterocycles. The van der Waals surface area contributed by atoms with Gasteiger partial charge in [-0.2, -0.15) is 0 Å². The zero-order valence-corrected chi connectivity index (χ0v) is 17.7. The highest BCUT2D eigenvalue weighted by Crippen LogP contribution is 2.24. The molecule has 1 atom stereocenters. The molecule has 29 heavy (non-hydrogen) atoms. The number of ether oxygens (including phenoxy) is 2. The van der Waals surface area contributed by atoms with Gasteiger partial charge in [-0.3, -0.25) is 4.79 Å². The second-order valence-corrected chi connectivity index (χ2v) is 7.12. The zero-order valence-electron chi connectivity index (χ0n) is 17.7. The summed E-state index contributed by atoms with van der Waals surface area (Å²) in [5, 5.41) is 2.82. The summed E-state index contributed by atoms with van der Waals surface area (Å²) in [5.74, 6) is -1.41. The molecular formula is C22H28N2O5. The van der Waals surface area contributed by atoms with E-state index in [2.05, 4.69) is 10.3 Å². The lowest BCUT2D eigenvalue weighted by Crippen LogP contribution is -2.30. The molecule has 2 rings (SSSR count). The summed E-state index contributed by atoms with van der Waals surface area (Å²) < 4.78 is 10.3. The second-order valence-electron chi connectivity index (χ2n) is 7.12. The van der Waals surface area contributed by atoms with Crippen molar-refractivity contribution in [2.45, 2.75) is 53.6 Å². The molecule has 7 heteroatoms. The molecule has 1 aromatic heterocycles. The number of anilines is 1. The van der Waals surface area contributed by atoms with Crippen molar-refractivity contribution in [1.82, 2.24) is 4.98 Å². The molecule has 1 heterocycles. The van der Waals surface area contributed by atoms with Crippen molar-refractivity contribution < 1.29 is 23.9 Å². The van der Waals surface area contributed by atoms with Crippen LogP contribution in [0.4, 0.5) is 5.69 Å². The molecule has 0 spiro atoms. The molecule has 0 unspecified atom stereocenters. The Morgan fingerprint density at radius 3 is 2.34 bits per heavy atom. The summed E-state index contributed by atoms with van der Waals surface area (Å²) in [6, 6.07) is 7.50. The number of esters is 2. The van der Waals surface area contributed by atoms with Crippen LogP contribution in [0.25, 0.3) is 0 Å². The normalized spacial score (nSPS) is 11.8. The lowest BCUT2D eigenvalue weighted by atomic mass is 10.0. The quantitative estimate of drug-likeness (QED) is 0.682. The van der Waals surface area contributed by atoms with Crippen LogP contribution in [0, 0.1) is 13.8 Å². The number of aromatic amines is 1. The average Bonchev–Trinajstić information content (AvgIpc) is 2.96. The summed E-state index contributed by atoms with van der Waals surface area (Å²) in [4.78, 5) is 40.1. The topological polar surface area (TPSA) is 97.5 Å². The highest BCUT2D eigenvalue weighted by Gasteiger charge is 2.27. The number of hydrogen-bond donors (Lipinski definition) is 2. The molecule has 0 fully saturated rings. The first-order valence-corrected chi connectivity index (χ1v) is 9.64. The van der Waals surface area contributed by atoms with Gasteiger partial charge in [0.15, 0.2) is 6.10 Å². The van der Waals surface area contributed by atoms with E-state index in [1.165, 1.54) is 6.92 Å². The van der Waals surface area contributed by atoms with Crippen LogP contribution in [0.3, 0.4) is 0 Å². The Kier molecular flexibility index (Phi) is 7.20.